The molecule has 2 aromatic carbocycles. The molecule has 0 amide bonds. The molecule has 0 aliphatic heterocycles. The second-order valence-electron chi connectivity index (χ2n) is 5.62. The first-order valence-electron chi connectivity index (χ1n) is 7.43. The Morgan fingerprint density at radius 2 is 1.29 bits per heavy atom. The fraction of sp³-hybridized carbons (Fsp3) is 0.278. The molecule has 0 aromatic heterocycles. The first-order valence-corrected chi connectivity index (χ1v) is 7.43. The van der Waals surface area contributed by atoms with Gasteiger partial charge in [0.1, 0.15) is 17.7 Å². The van der Waals surface area contributed by atoms with Crippen LogP contribution in [-0.4, -0.2) is 18.1 Å². The predicted octanol–water partition coefficient (Wildman–Crippen LogP) is -0.337. The van der Waals surface area contributed by atoms with Gasteiger partial charge in [-0.15, -0.1) is 0 Å². The Balaban J connectivity index is 0.00000288. The Kier molecular flexibility index (Phi) is 7.32. The van der Waals surface area contributed by atoms with Gasteiger partial charge in [-0.05, 0) is 49.2 Å². The molecule has 24 heavy (non-hydrogen) atoms. The van der Waals surface area contributed by atoms with Crippen molar-refractivity contribution in [2.75, 3.05) is 0 Å². The normalized spacial score (nSPS) is 13.1. The molecule has 2 atom stereocenters. The predicted molar refractivity (Wildman–Crippen MR) is 82.5 cm³/mol. The molecule has 0 bridgehead atoms. The molecule has 2 aromatic rings. The third-order valence-electron chi connectivity index (χ3n) is 3.63. The number of esters is 1. The smallest absolute Gasteiger partial charge is 0.364 e. The van der Waals surface area contributed by atoms with Crippen molar-refractivity contribution >= 4 is 5.97 Å². The van der Waals surface area contributed by atoms with Crippen LogP contribution in [0.25, 0.3) is 0 Å². The fourth-order valence-electron chi connectivity index (χ4n) is 2.44. The van der Waals surface area contributed by atoms with Crippen molar-refractivity contribution in [2.24, 2.45) is 0 Å². The second kappa shape index (κ2) is 8.76. The molecule has 0 unspecified atom stereocenters. The van der Waals surface area contributed by atoms with E-state index in [1.807, 2.05) is 0 Å². The van der Waals surface area contributed by atoms with Crippen LogP contribution in [0.2, 0.25) is 0 Å². The molecule has 130 valence electrons. The van der Waals surface area contributed by atoms with Gasteiger partial charge in [-0.3, -0.25) is 0 Å². The van der Waals surface area contributed by atoms with E-state index in [-0.39, 0.29) is 30.0 Å². The zero-order chi connectivity index (χ0) is 17.0. The maximum absolute atomic E-state index is 13.2. The summed E-state index contributed by atoms with van der Waals surface area (Å²) in [6.07, 6.45) is -0.498. The number of hydrogen-bond acceptors (Lipinski definition) is 2. The van der Waals surface area contributed by atoms with Gasteiger partial charge < -0.3 is 22.9 Å². The molecular formula is C18H20ClF2NO2. The van der Waals surface area contributed by atoms with Gasteiger partial charge in [0.2, 0.25) is 0 Å². The minimum Gasteiger partial charge on any atom is -1.00 e. The van der Waals surface area contributed by atoms with Gasteiger partial charge in [0.15, 0.2) is 6.04 Å². The van der Waals surface area contributed by atoms with Gasteiger partial charge in [-0.1, -0.05) is 24.3 Å². The lowest BCUT2D eigenvalue weighted by molar-refractivity contribution is -0.403. The zero-order valence-corrected chi connectivity index (χ0v) is 14.3. The van der Waals surface area contributed by atoms with Crippen molar-refractivity contribution < 1.29 is 36.5 Å². The Hall–Kier alpha value is -1.98. The second-order valence-corrected chi connectivity index (χ2v) is 5.62. The SMILES string of the molecule is C[C@H]([NH3+])C(=O)O[C@@H](C)C(c1ccc(F)cc1)c1ccc(F)cc1.[Cl-]. The van der Waals surface area contributed by atoms with E-state index in [1.54, 1.807) is 38.1 Å². The van der Waals surface area contributed by atoms with Gasteiger partial charge in [0.25, 0.3) is 0 Å². The highest BCUT2D eigenvalue weighted by atomic mass is 35.5. The van der Waals surface area contributed by atoms with Crippen molar-refractivity contribution in [3.05, 3.63) is 71.3 Å². The molecule has 0 fully saturated rings. The molecule has 0 spiro atoms. The summed E-state index contributed by atoms with van der Waals surface area (Å²) in [5, 5.41) is 0. The number of ether oxygens (including phenoxy) is 1. The van der Waals surface area contributed by atoms with E-state index < -0.39 is 18.1 Å². The highest BCUT2D eigenvalue weighted by Gasteiger charge is 2.26. The fourth-order valence-corrected chi connectivity index (χ4v) is 2.44. The summed E-state index contributed by atoms with van der Waals surface area (Å²) < 4.78 is 31.8. The van der Waals surface area contributed by atoms with Crippen LogP contribution in [0, 0.1) is 11.6 Å². The maximum Gasteiger partial charge on any atom is 0.364 e. The minimum absolute atomic E-state index is 0. The van der Waals surface area contributed by atoms with E-state index in [0.29, 0.717) is 0 Å². The van der Waals surface area contributed by atoms with Crippen molar-refractivity contribution in [2.45, 2.75) is 31.9 Å². The first-order chi connectivity index (χ1) is 10.9. The number of quaternary nitrogens is 1. The van der Waals surface area contributed by atoms with E-state index in [1.165, 1.54) is 24.3 Å². The van der Waals surface area contributed by atoms with E-state index >= 15 is 0 Å². The Bertz CT molecular complexity index is 614. The average Bonchev–Trinajstić information content (AvgIpc) is 2.51. The number of hydrogen-bond donors (Lipinski definition) is 1. The van der Waals surface area contributed by atoms with Crippen molar-refractivity contribution in [3.8, 4) is 0 Å². The van der Waals surface area contributed by atoms with Crippen molar-refractivity contribution in [1.82, 2.24) is 0 Å². The molecule has 0 saturated heterocycles. The number of benzene rings is 2. The van der Waals surface area contributed by atoms with Gasteiger partial charge in [0, 0.05) is 5.92 Å². The topological polar surface area (TPSA) is 53.9 Å². The third kappa shape index (κ3) is 5.01. The van der Waals surface area contributed by atoms with Crippen LogP contribution in [0.3, 0.4) is 0 Å². The maximum atomic E-state index is 13.2. The number of rotatable bonds is 5. The van der Waals surface area contributed by atoms with Crippen LogP contribution in [0.1, 0.15) is 30.9 Å². The van der Waals surface area contributed by atoms with Crippen LogP contribution in [0.5, 0.6) is 0 Å². The summed E-state index contributed by atoms with van der Waals surface area (Å²) in [4.78, 5) is 11.8. The summed E-state index contributed by atoms with van der Waals surface area (Å²) in [5.74, 6) is -1.42. The number of halogens is 3. The van der Waals surface area contributed by atoms with E-state index in [4.69, 9.17) is 4.74 Å². The Morgan fingerprint density at radius 3 is 1.62 bits per heavy atom. The van der Waals surface area contributed by atoms with Gasteiger partial charge in [-0.25, -0.2) is 13.6 Å². The third-order valence-corrected chi connectivity index (χ3v) is 3.63. The highest BCUT2D eigenvalue weighted by Crippen LogP contribution is 2.30. The van der Waals surface area contributed by atoms with Crippen LogP contribution < -0.4 is 18.1 Å². The summed E-state index contributed by atoms with van der Waals surface area (Å²) in [6, 6.07) is 11.5. The highest BCUT2D eigenvalue weighted by molar-refractivity contribution is 5.73. The summed E-state index contributed by atoms with van der Waals surface area (Å²) in [5.41, 5.74) is 5.22. The lowest BCUT2D eigenvalue weighted by Crippen LogP contribution is -3.00. The summed E-state index contributed by atoms with van der Waals surface area (Å²) in [7, 11) is 0. The molecule has 0 aliphatic rings. The van der Waals surface area contributed by atoms with Crippen LogP contribution >= 0.6 is 0 Å². The van der Waals surface area contributed by atoms with Gasteiger partial charge in [0.05, 0.1) is 0 Å². The van der Waals surface area contributed by atoms with E-state index in [2.05, 4.69) is 5.73 Å². The summed E-state index contributed by atoms with van der Waals surface area (Å²) >= 11 is 0. The molecule has 0 saturated carbocycles. The summed E-state index contributed by atoms with van der Waals surface area (Å²) in [6.45, 7) is 3.41. The van der Waals surface area contributed by atoms with E-state index in [0.717, 1.165) is 11.1 Å². The molecular weight excluding hydrogens is 336 g/mol. The van der Waals surface area contributed by atoms with E-state index in [9.17, 15) is 13.6 Å². The molecule has 0 aliphatic carbocycles. The zero-order valence-electron chi connectivity index (χ0n) is 13.5. The number of carbonyl (C=O) groups excluding carboxylic acids is 1. The first kappa shape index (κ1) is 20.1. The largest absolute Gasteiger partial charge is 1.00 e. The molecule has 2 rings (SSSR count). The van der Waals surface area contributed by atoms with Crippen LogP contribution in [0.4, 0.5) is 8.78 Å². The molecule has 0 heterocycles. The monoisotopic (exact) mass is 355 g/mol. The lowest BCUT2D eigenvalue weighted by atomic mass is 9.87. The molecule has 0 radical (unpaired) electrons. The van der Waals surface area contributed by atoms with Gasteiger partial charge >= 0.3 is 5.97 Å². The van der Waals surface area contributed by atoms with Crippen molar-refractivity contribution in [1.29, 1.82) is 0 Å². The lowest BCUT2D eigenvalue weighted by Gasteiger charge is -2.25. The number of carbonyl (C=O) groups is 1. The van der Waals surface area contributed by atoms with Crippen LogP contribution in [-0.2, 0) is 9.53 Å². The quantitative estimate of drug-likeness (QED) is 0.746. The van der Waals surface area contributed by atoms with Crippen molar-refractivity contribution in [3.63, 3.8) is 0 Å². The minimum atomic E-state index is -0.498. The molecule has 6 heteroatoms. The Morgan fingerprint density at radius 1 is 0.917 bits per heavy atom. The molecule has 3 N–H and O–H groups in total. The standard InChI is InChI=1S/C18H19F2NO2.ClH/c1-11(21)18(22)23-12(2)17(13-3-7-15(19)8-4-13)14-5-9-16(20)10-6-14;/h3-12,17H,21H2,1-2H3;1H/t11-,12-;/m0./s1. The van der Waals surface area contributed by atoms with Gasteiger partial charge in [-0.2, -0.15) is 0 Å². The van der Waals surface area contributed by atoms with Crippen LogP contribution in [0.15, 0.2) is 48.5 Å². The Labute approximate surface area is 146 Å². The molecule has 3 nitrogen and oxygen atoms in total. The average molecular weight is 356 g/mol.